The van der Waals surface area contributed by atoms with Crippen LogP contribution in [0.2, 0.25) is 0 Å². The SMILES string of the molecule is Cc1ccc2c(c1)-c1cccc(c1)-c1cc3nc(C)c(C(OC(C)(C)C)C(=O)O)c(n3n1)N1CCC(C)(CCCCCC(C)O2)CC1. The van der Waals surface area contributed by atoms with Gasteiger partial charge in [0.1, 0.15) is 11.6 Å². The Morgan fingerprint density at radius 3 is 2.49 bits per heavy atom. The van der Waals surface area contributed by atoms with Gasteiger partial charge in [0.05, 0.1) is 23.0 Å². The summed E-state index contributed by atoms with van der Waals surface area (Å²) < 4.78 is 14.7. The van der Waals surface area contributed by atoms with Crippen molar-refractivity contribution < 1.29 is 19.4 Å². The summed E-state index contributed by atoms with van der Waals surface area (Å²) in [6.07, 6.45) is 6.72. The Kier molecular flexibility index (Phi) is 9.09. The average Bonchev–Trinajstić information content (AvgIpc) is 3.43. The molecule has 0 aliphatic carbocycles. The van der Waals surface area contributed by atoms with E-state index in [0.717, 1.165) is 72.7 Å². The van der Waals surface area contributed by atoms with E-state index in [-0.39, 0.29) is 11.5 Å². The molecule has 2 unspecified atom stereocenters. The van der Waals surface area contributed by atoms with Crippen LogP contribution in [0.5, 0.6) is 5.75 Å². The standard InChI is InChI=1S/C39H50N4O4/c1-25-15-16-32-30(22-25)28-13-11-14-29(23-28)31-24-33-40-27(3)34(35(37(44)45)47-38(4,5)6)36(43(33)41-31)42-20-18-39(7,19-21-42)17-10-8-9-12-26(2)46-32/h11,13-16,22-24,26,35H,8-10,12,17-21H2,1-7H3,(H,44,45). The fraction of sp³-hybridized carbons (Fsp3) is 0.513. The molecule has 3 aliphatic heterocycles. The smallest absolute Gasteiger partial charge is 0.337 e. The predicted molar refractivity (Wildman–Crippen MR) is 187 cm³/mol. The fourth-order valence-electron chi connectivity index (χ4n) is 7.22. The average molecular weight is 639 g/mol. The van der Waals surface area contributed by atoms with Crippen LogP contribution in [0.4, 0.5) is 5.82 Å². The highest BCUT2D eigenvalue weighted by molar-refractivity contribution is 5.80. The third kappa shape index (κ3) is 7.18. The highest BCUT2D eigenvalue weighted by atomic mass is 16.5. The van der Waals surface area contributed by atoms with Gasteiger partial charge in [-0.05, 0) is 103 Å². The summed E-state index contributed by atoms with van der Waals surface area (Å²) in [5.41, 5.74) is 6.51. The molecule has 0 radical (unpaired) electrons. The van der Waals surface area contributed by atoms with E-state index in [1.54, 1.807) is 0 Å². The molecule has 7 rings (SSSR count). The highest BCUT2D eigenvalue weighted by Gasteiger charge is 2.37. The van der Waals surface area contributed by atoms with E-state index in [2.05, 4.69) is 68.1 Å². The van der Waals surface area contributed by atoms with Gasteiger partial charge >= 0.3 is 5.97 Å². The van der Waals surface area contributed by atoms with Crippen LogP contribution in [-0.2, 0) is 9.53 Å². The first-order chi connectivity index (χ1) is 22.3. The predicted octanol–water partition coefficient (Wildman–Crippen LogP) is 8.96. The second-order valence-corrected chi connectivity index (χ2v) is 15.1. The minimum atomic E-state index is -1.18. The van der Waals surface area contributed by atoms with E-state index in [1.807, 2.05) is 38.3 Å². The van der Waals surface area contributed by atoms with Crippen LogP contribution in [0.3, 0.4) is 0 Å². The number of carbonyl (C=O) groups is 1. The molecular formula is C39H50N4O4. The minimum Gasteiger partial charge on any atom is -0.490 e. The molecule has 1 fully saturated rings. The van der Waals surface area contributed by atoms with Gasteiger partial charge in [-0.25, -0.2) is 9.78 Å². The monoisotopic (exact) mass is 638 g/mol. The number of benzene rings is 2. The maximum absolute atomic E-state index is 12.8. The summed E-state index contributed by atoms with van der Waals surface area (Å²) in [5, 5.41) is 15.7. The van der Waals surface area contributed by atoms with Crippen LogP contribution in [-0.4, -0.2) is 50.5 Å². The molecular weight excluding hydrogens is 588 g/mol. The van der Waals surface area contributed by atoms with Gasteiger partial charge in [0, 0.05) is 36.0 Å². The lowest BCUT2D eigenvalue weighted by atomic mass is 9.76. The van der Waals surface area contributed by atoms with Gasteiger partial charge in [0.2, 0.25) is 0 Å². The summed E-state index contributed by atoms with van der Waals surface area (Å²) in [4.78, 5) is 20.1. The number of hydrogen-bond donors (Lipinski definition) is 1. The van der Waals surface area contributed by atoms with Crippen molar-refractivity contribution in [1.29, 1.82) is 0 Å². The Balaban J connectivity index is 1.53. The first kappa shape index (κ1) is 33.0. The molecule has 2 aromatic heterocycles. The zero-order valence-electron chi connectivity index (χ0n) is 29.1. The highest BCUT2D eigenvalue weighted by Crippen LogP contribution is 2.42. The number of ether oxygens (including phenoxy) is 2. The maximum Gasteiger partial charge on any atom is 0.337 e. The van der Waals surface area contributed by atoms with Gasteiger partial charge in [-0.1, -0.05) is 49.6 Å². The number of hydrogen-bond acceptors (Lipinski definition) is 6. The number of carboxylic acid groups (broad SMARTS) is 1. The summed E-state index contributed by atoms with van der Waals surface area (Å²) in [6.45, 7) is 15.9. The van der Waals surface area contributed by atoms with Crippen molar-refractivity contribution >= 4 is 17.4 Å². The number of piperidine rings is 1. The molecule has 1 saturated heterocycles. The normalized spacial score (nSPS) is 21.3. The van der Waals surface area contributed by atoms with Crippen molar-refractivity contribution in [1.82, 2.24) is 14.6 Å². The molecule has 0 spiro atoms. The molecule has 8 heteroatoms. The van der Waals surface area contributed by atoms with E-state index in [4.69, 9.17) is 19.6 Å². The number of nitrogens with zero attached hydrogens (tertiary/aromatic N) is 4. The van der Waals surface area contributed by atoms with E-state index in [1.165, 1.54) is 24.8 Å². The molecule has 250 valence electrons. The molecule has 2 aromatic carbocycles. The van der Waals surface area contributed by atoms with Gasteiger partial charge in [0.25, 0.3) is 0 Å². The lowest BCUT2D eigenvalue weighted by molar-refractivity contribution is -0.160. The first-order valence-corrected chi connectivity index (χ1v) is 17.2. The molecule has 5 heterocycles. The van der Waals surface area contributed by atoms with E-state index >= 15 is 0 Å². The summed E-state index contributed by atoms with van der Waals surface area (Å²) in [7, 11) is 0. The number of aryl methyl sites for hydroxylation is 2. The fourth-order valence-corrected chi connectivity index (χ4v) is 7.22. The molecule has 8 nitrogen and oxygen atoms in total. The third-order valence-electron chi connectivity index (χ3n) is 9.86. The second kappa shape index (κ2) is 12.9. The molecule has 0 amide bonds. The number of carboxylic acids is 1. The Hall–Kier alpha value is -3.91. The molecule has 2 atom stereocenters. The van der Waals surface area contributed by atoms with Crippen LogP contribution in [0.1, 0.15) is 102 Å². The number of anilines is 1. The molecule has 3 aliphatic rings. The van der Waals surface area contributed by atoms with Crippen molar-refractivity contribution in [2.75, 3.05) is 18.0 Å². The molecule has 1 N–H and O–H groups in total. The zero-order chi connectivity index (χ0) is 33.5. The van der Waals surface area contributed by atoms with Crippen LogP contribution in [0, 0.1) is 19.3 Å². The third-order valence-corrected chi connectivity index (χ3v) is 9.86. The zero-order valence-corrected chi connectivity index (χ0v) is 29.1. The summed E-state index contributed by atoms with van der Waals surface area (Å²) in [6, 6.07) is 16.8. The van der Waals surface area contributed by atoms with Crippen molar-refractivity contribution in [2.24, 2.45) is 5.41 Å². The Morgan fingerprint density at radius 1 is 1.02 bits per heavy atom. The molecule has 6 bridgehead atoms. The Labute approximate surface area is 279 Å². The minimum absolute atomic E-state index is 0.126. The van der Waals surface area contributed by atoms with E-state index in [9.17, 15) is 9.90 Å². The Bertz CT molecular complexity index is 1760. The first-order valence-electron chi connectivity index (χ1n) is 17.2. The quantitative estimate of drug-likeness (QED) is 0.240. The van der Waals surface area contributed by atoms with Crippen LogP contribution < -0.4 is 9.64 Å². The number of fused-ring (bicyclic) bond motifs is 8. The topological polar surface area (TPSA) is 89.2 Å². The van der Waals surface area contributed by atoms with Gasteiger partial charge in [-0.3, -0.25) is 0 Å². The van der Waals surface area contributed by atoms with Crippen LogP contribution in [0.15, 0.2) is 48.5 Å². The van der Waals surface area contributed by atoms with Gasteiger partial charge < -0.3 is 19.5 Å². The molecule has 4 aromatic rings. The van der Waals surface area contributed by atoms with Gasteiger partial charge in [0.15, 0.2) is 11.8 Å². The number of aromatic nitrogens is 3. The molecule has 0 saturated carbocycles. The number of aliphatic carboxylic acids is 1. The lowest BCUT2D eigenvalue weighted by Crippen LogP contribution is -2.41. The van der Waals surface area contributed by atoms with Crippen LogP contribution in [0.25, 0.3) is 28.0 Å². The van der Waals surface area contributed by atoms with Gasteiger partial charge in [-0.2, -0.15) is 9.61 Å². The molecule has 47 heavy (non-hydrogen) atoms. The van der Waals surface area contributed by atoms with Crippen molar-refractivity contribution in [3.8, 4) is 28.1 Å². The largest absolute Gasteiger partial charge is 0.490 e. The van der Waals surface area contributed by atoms with Crippen molar-refractivity contribution in [2.45, 2.75) is 111 Å². The van der Waals surface area contributed by atoms with Crippen molar-refractivity contribution in [3.05, 3.63) is 65.4 Å². The maximum atomic E-state index is 12.8. The second-order valence-electron chi connectivity index (χ2n) is 15.1. The Morgan fingerprint density at radius 2 is 1.77 bits per heavy atom. The number of rotatable bonds is 3. The summed E-state index contributed by atoms with van der Waals surface area (Å²) in [5.74, 6) is 0.635. The van der Waals surface area contributed by atoms with Crippen molar-refractivity contribution in [3.63, 3.8) is 0 Å². The lowest BCUT2D eigenvalue weighted by Gasteiger charge is -2.41. The van der Waals surface area contributed by atoms with Crippen LogP contribution >= 0.6 is 0 Å². The van der Waals surface area contributed by atoms with E-state index < -0.39 is 17.7 Å². The summed E-state index contributed by atoms with van der Waals surface area (Å²) >= 11 is 0. The van der Waals surface area contributed by atoms with Gasteiger partial charge in [-0.15, -0.1) is 0 Å². The van der Waals surface area contributed by atoms with E-state index in [0.29, 0.717) is 16.9 Å².